The van der Waals surface area contributed by atoms with Gasteiger partial charge in [-0.3, -0.25) is 4.79 Å². The molecule has 5 nitrogen and oxygen atoms in total. The van der Waals surface area contributed by atoms with Gasteiger partial charge < -0.3 is 10.1 Å². The van der Waals surface area contributed by atoms with Crippen LogP contribution in [-0.2, 0) is 4.79 Å². The van der Waals surface area contributed by atoms with E-state index in [2.05, 4.69) is 40.6 Å². The van der Waals surface area contributed by atoms with Crippen LogP contribution in [0.15, 0.2) is 60.2 Å². The molecular weight excluding hydrogens is 374 g/mol. The average Bonchev–Trinajstić information content (AvgIpc) is 2.79. The van der Waals surface area contributed by atoms with Crippen LogP contribution in [0.5, 0.6) is 5.88 Å². The van der Waals surface area contributed by atoms with Gasteiger partial charge in [0.1, 0.15) is 5.69 Å². The van der Waals surface area contributed by atoms with E-state index >= 15 is 0 Å². The summed E-state index contributed by atoms with van der Waals surface area (Å²) in [5, 5.41) is 13.4. The molecule has 1 amide bonds. The molecule has 4 rings (SSSR count). The molecule has 0 spiro atoms. The Morgan fingerprint density at radius 2 is 1.83 bits per heavy atom. The molecule has 1 aliphatic rings. The lowest BCUT2D eigenvalue weighted by atomic mass is 9.97. The zero-order valence-electron chi connectivity index (χ0n) is 17.4. The Labute approximate surface area is 177 Å². The summed E-state index contributed by atoms with van der Waals surface area (Å²) in [6.07, 6.45) is 8.08. The molecule has 1 aliphatic carbocycles. The van der Waals surface area contributed by atoms with Crippen molar-refractivity contribution in [2.24, 2.45) is 0 Å². The van der Waals surface area contributed by atoms with Crippen LogP contribution in [0, 0.1) is 6.92 Å². The monoisotopic (exact) mass is 401 g/mol. The van der Waals surface area contributed by atoms with E-state index in [1.165, 1.54) is 24.0 Å². The van der Waals surface area contributed by atoms with E-state index in [4.69, 9.17) is 4.74 Å². The minimum Gasteiger partial charge on any atom is -0.466 e. The van der Waals surface area contributed by atoms with Crippen molar-refractivity contribution in [1.29, 1.82) is 0 Å². The Kier molecular flexibility index (Phi) is 6.38. The van der Waals surface area contributed by atoms with Gasteiger partial charge in [0.05, 0.1) is 0 Å². The van der Waals surface area contributed by atoms with Gasteiger partial charge in [0.25, 0.3) is 5.91 Å². The molecule has 0 radical (unpaired) electrons. The summed E-state index contributed by atoms with van der Waals surface area (Å²) in [5.41, 5.74) is 4.46. The molecule has 0 unspecified atom stereocenters. The summed E-state index contributed by atoms with van der Waals surface area (Å²) in [6.45, 7) is 2.63. The van der Waals surface area contributed by atoms with Gasteiger partial charge >= 0.3 is 0 Å². The third-order valence-corrected chi connectivity index (χ3v) is 5.47. The molecule has 0 atom stereocenters. The van der Waals surface area contributed by atoms with Crippen LogP contribution in [0.1, 0.15) is 37.7 Å². The van der Waals surface area contributed by atoms with E-state index < -0.39 is 0 Å². The number of nitrogens with zero attached hydrogens (tertiary/aromatic N) is 2. The number of benzene rings is 2. The minimum absolute atomic E-state index is 0.0679. The number of rotatable bonds is 7. The molecule has 1 heterocycles. The maximum Gasteiger partial charge on any atom is 0.258 e. The summed E-state index contributed by atoms with van der Waals surface area (Å²) in [7, 11) is 0. The summed E-state index contributed by atoms with van der Waals surface area (Å²) in [5.74, 6) is 0.242. The number of fused-ring (bicyclic) bond motifs is 1. The third-order valence-electron chi connectivity index (χ3n) is 5.47. The molecule has 0 aliphatic heterocycles. The first-order valence-electron chi connectivity index (χ1n) is 10.6. The van der Waals surface area contributed by atoms with Crippen molar-refractivity contribution in [3.63, 3.8) is 0 Å². The van der Waals surface area contributed by atoms with Gasteiger partial charge in [0.2, 0.25) is 5.88 Å². The largest absolute Gasteiger partial charge is 0.466 e. The number of amides is 1. The number of hydrogen-bond acceptors (Lipinski definition) is 4. The lowest BCUT2D eigenvalue weighted by Gasteiger charge is -2.13. The number of aromatic nitrogens is 2. The summed E-state index contributed by atoms with van der Waals surface area (Å²) in [6, 6.07) is 16.1. The highest BCUT2D eigenvalue weighted by atomic mass is 16.5. The number of carbonyl (C=O) groups excluding carboxylic acids is 1. The van der Waals surface area contributed by atoms with Crippen molar-refractivity contribution >= 4 is 16.7 Å². The standard InChI is InChI=1S/C25H27N3O2/c1-18-11-13-20(14-12-18)24-21-9-5-6-10-22(21)25(28-27-24)30-17-23(29)26-16-15-19-7-3-2-4-8-19/h5-7,9-14H,2-4,8,15-17H2,1H3,(H,26,29). The van der Waals surface area contributed by atoms with Crippen molar-refractivity contribution < 1.29 is 9.53 Å². The minimum atomic E-state index is -0.139. The fourth-order valence-electron chi connectivity index (χ4n) is 3.79. The summed E-state index contributed by atoms with van der Waals surface area (Å²) in [4.78, 5) is 12.2. The van der Waals surface area contributed by atoms with Gasteiger partial charge in [0.15, 0.2) is 6.61 Å². The van der Waals surface area contributed by atoms with Gasteiger partial charge in [0, 0.05) is 22.9 Å². The first-order chi connectivity index (χ1) is 14.7. The number of ether oxygens (including phenoxy) is 1. The van der Waals surface area contributed by atoms with Crippen molar-refractivity contribution in [2.75, 3.05) is 13.2 Å². The number of hydrogen-bond donors (Lipinski definition) is 1. The Bertz CT molecular complexity index is 1060. The van der Waals surface area contributed by atoms with Crippen LogP contribution in [0.2, 0.25) is 0 Å². The fraction of sp³-hybridized carbons (Fsp3) is 0.320. The second kappa shape index (κ2) is 9.53. The second-order valence-corrected chi connectivity index (χ2v) is 7.76. The number of aryl methyl sites for hydroxylation is 1. The van der Waals surface area contributed by atoms with E-state index in [0.717, 1.165) is 41.3 Å². The van der Waals surface area contributed by atoms with Crippen molar-refractivity contribution in [3.8, 4) is 17.1 Å². The molecule has 0 bridgehead atoms. The van der Waals surface area contributed by atoms with E-state index in [9.17, 15) is 4.79 Å². The SMILES string of the molecule is Cc1ccc(-c2nnc(OCC(=O)NCCC3=CCCCC3)c3ccccc23)cc1. The van der Waals surface area contributed by atoms with Crippen LogP contribution in [0.25, 0.3) is 22.0 Å². The zero-order valence-corrected chi connectivity index (χ0v) is 17.4. The van der Waals surface area contributed by atoms with Gasteiger partial charge in [-0.05, 0) is 45.1 Å². The maximum absolute atomic E-state index is 12.2. The highest BCUT2D eigenvalue weighted by molar-refractivity contribution is 5.97. The van der Waals surface area contributed by atoms with Crippen LogP contribution < -0.4 is 10.1 Å². The van der Waals surface area contributed by atoms with Crippen molar-refractivity contribution in [2.45, 2.75) is 39.0 Å². The van der Waals surface area contributed by atoms with Crippen LogP contribution >= 0.6 is 0 Å². The van der Waals surface area contributed by atoms with Crippen LogP contribution in [-0.4, -0.2) is 29.3 Å². The first-order valence-corrected chi connectivity index (χ1v) is 10.6. The van der Waals surface area contributed by atoms with Gasteiger partial charge in [-0.25, -0.2) is 0 Å². The molecular formula is C25H27N3O2. The Hall–Kier alpha value is -3.21. The van der Waals surface area contributed by atoms with Crippen LogP contribution in [0.4, 0.5) is 0 Å². The van der Waals surface area contributed by atoms with Crippen molar-refractivity contribution in [3.05, 3.63) is 65.7 Å². The maximum atomic E-state index is 12.2. The molecule has 30 heavy (non-hydrogen) atoms. The molecule has 1 aromatic heterocycles. The molecule has 1 N–H and O–H groups in total. The lowest BCUT2D eigenvalue weighted by molar-refractivity contribution is -0.123. The average molecular weight is 402 g/mol. The highest BCUT2D eigenvalue weighted by Gasteiger charge is 2.13. The molecule has 0 fully saturated rings. The number of carbonyl (C=O) groups is 1. The van der Waals surface area contributed by atoms with Crippen LogP contribution in [0.3, 0.4) is 0 Å². The van der Waals surface area contributed by atoms with E-state index in [-0.39, 0.29) is 12.5 Å². The van der Waals surface area contributed by atoms with Gasteiger partial charge in [-0.15, -0.1) is 10.2 Å². The van der Waals surface area contributed by atoms with E-state index in [0.29, 0.717) is 12.4 Å². The Morgan fingerprint density at radius 1 is 1.03 bits per heavy atom. The molecule has 0 saturated carbocycles. The number of nitrogens with one attached hydrogen (secondary N) is 1. The van der Waals surface area contributed by atoms with Crippen molar-refractivity contribution in [1.82, 2.24) is 15.5 Å². The smallest absolute Gasteiger partial charge is 0.258 e. The molecule has 5 heteroatoms. The predicted molar refractivity (Wildman–Crippen MR) is 119 cm³/mol. The Morgan fingerprint density at radius 3 is 2.60 bits per heavy atom. The van der Waals surface area contributed by atoms with E-state index in [1.54, 1.807) is 0 Å². The normalized spacial score (nSPS) is 13.7. The lowest BCUT2D eigenvalue weighted by Crippen LogP contribution is -2.30. The van der Waals surface area contributed by atoms with E-state index in [1.807, 2.05) is 36.4 Å². The van der Waals surface area contributed by atoms with Gasteiger partial charge in [-0.2, -0.15) is 0 Å². The first kappa shape index (κ1) is 20.1. The number of allylic oxidation sites excluding steroid dienone is 1. The Balaban J connectivity index is 1.42. The molecule has 154 valence electrons. The second-order valence-electron chi connectivity index (χ2n) is 7.76. The highest BCUT2D eigenvalue weighted by Crippen LogP contribution is 2.30. The topological polar surface area (TPSA) is 64.1 Å². The predicted octanol–water partition coefficient (Wildman–Crippen LogP) is 4.99. The summed E-state index contributed by atoms with van der Waals surface area (Å²) < 4.78 is 5.73. The quantitative estimate of drug-likeness (QED) is 0.567. The molecule has 2 aromatic carbocycles. The third kappa shape index (κ3) is 4.85. The van der Waals surface area contributed by atoms with Gasteiger partial charge in [-0.1, -0.05) is 59.7 Å². The fourth-order valence-corrected chi connectivity index (χ4v) is 3.79. The molecule has 0 saturated heterocycles. The molecule has 3 aromatic rings. The zero-order chi connectivity index (χ0) is 20.8. The summed E-state index contributed by atoms with van der Waals surface area (Å²) >= 11 is 0.